The number of anilines is 3. The predicted molar refractivity (Wildman–Crippen MR) is 114 cm³/mol. The molecule has 2 aromatic carbocycles. The van der Waals surface area contributed by atoms with Crippen molar-refractivity contribution < 1.29 is 17.9 Å². The SMILES string of the molecule is CSc1ccccc1Nc1cc(-c2cccc(OC(F)(F)F)c2)nc(NC(C)C)n1. The Labute approximate surface area is 177 Å². The fourth-order valence-corrected chi connectivity index (χ4v) is 3.27. The first-order chi connectivity index (χ1) is 14.2. The highest BCUT2D eigenvalue weighted by Gasteiger charge is 2.31. The number of alkyl halides is 3. The van der Waals surface area contributed by atoms with Gasteiger partial charge in [0.15, 0.2) is 0 Å². The van der Waals surface area contributed by atoms with Crippen molar-refractivity contribution in [3.8, 4) is 17.0 Å². The lowest BCUT2D eigenvalue weighted by atomic mass is 10.1. The molecule has 158 valence electrons. The van der Waals surface area contributed by atoms with Crippen LogP contribution in [0.1, 0.15) is 13.8 Å². The van der Waals surface area contributed by atoms with Crippen LogP contribution in [0.4, 0.5) is 30.6 Å². The summed E-state index contributed by atoms with van der Waals surface area (Å²) in [5, 5.41) is 6.42. The summed E-state index contributed by atoms with van der Waals surface area (Å²) in [7, 11) is 0. The Morgan fingerprint density at radius 2 is 1.77 bits per heavy atom. The molecular weight excluding hydrogens is 413 g/mol. The van der Waals surface area contributed by atoms with Crippen LogP contribution >= 0.6 is 11.8 Å². The number of hydrogen-bond acceptors (Lipinski definition) is 6. The maximum absolute atomic E-state index is 12.6. The van der Waals surface area contributed by atoms with Crippen LogP contribution in [-0.2, 0) is 0 Å². The number of thioether (sulfide) groups is 1. The molecule has 1 heterocycles. The molecule has 0 aliphatic rings. The summed E-state index contributed by atoms with van der Waals surface area (Å²) in [6.45, 7) is 3.90. The number of nitrogens with zero attached hydrogens (tertiary/aromatic N) is 2. The van der Waals surface area contributed by atoms with E-state index in [1.165, 1.54) is 18.2 Å². The fourth-order valence-electron chi connectivity index (χ4n) is 2.72. The van der Waals surface area contributed by atoms with Crippen molar-refractivity contribution >= 4 is 29.2 Å². The Morgan fingerprint density at radius 3 is 2.47 bits per heavy atom. The molecular formula is C21H21F3N4OS. The highest BCUT2D eigenvalue weighted by atomic mass is 32.2. The third-order valence-corrected chi connectivity index (χ3v) is 4.67. The van der Waals surface area contributed by atoms with Crippen LogP contribution in [0.25, 0.3) is 11.3 Å². The van der Waals surface area contributed by atoms with E-state index < -0.39 is 6.36 Å². The second-order valence-electron chi connectivity index (χ2n) is 6.66. The molecule has 1 aromatic heterocycles. The van der Waals surface area contributed by atoms with Crippen LogP contribution in [0.2, 0.25) is 0 Å². The van der Waals surface area contributed by atoms with Crippen molar-refractivity contribution in [2.75, 3.05) is 16.9 Å². The van der Waals surface area contributed by atoms with Crippen molar-refractivity contribution in [2.45, 2.75) is 31.1 Å². The van der Waals surface area contributed by atoms with Gasteiger partial charge >= 0.3 is 6.36 Å². The lowest BCUT2D eigenvalue weighted by Crippen LogP contribution is -2.17. The highest BCUT2D eigenvalue weighted by Crippen LogP contribution is 2.31. The van der Waals surface area contributed by atoms with Crippen LogP contribution in [0.15, 0.2) is 59.5 Å². The van der Waals surface area contributed by atoms with Gasteiger partial charge in [-0.05, 0) is 44.4 Å². The number of para-hydroxylation sites is 1. The van der Waals surface area contributed by atoms with Gasteiger partial charge in [0.1, 0.15) is 11.6 Å². The predicted octanol–water partition coefficient (Wildman–Crippen LogP) is 6.33. The Bertz CT molecular complexity index is 1010. The molecule has 30 heavy (non-hydrogen) atoms. The summed E-state index contributed by atoms with van der Waals surface area (Å²) in [4.78, 5) is 10.00. The van der Waals surface area contributed by atoms with Gasteiger partial charge in [0.2, 0.25) is 5.95 Å². The molecule has 0 radical (unpaired) electrons. The maximum Gasteiger partial charge on any atom is 0.573 e. The standard InChI is InChI=1S/C21H21F3N4OS/c1-13(2)25-20-27-17(14-7-6-8-15(11-14)29-21(22,23)24)12-19(28-20)26-16-9-4-5-10-18(16)30-3/h4-13H,1-3H3,(H2,25,26,27,28). The van der Waals surface area contributed by atoms with Gasteiger partial charge in [-0.25, -0.2) is 4.98 Å². The number of ether oxygens (including phenoxy) is 1. The summed E-state index contributed by atoms with van der Waals surface area (Å²) < 4.78 is 41.8. The summed E-state index contributed by atoms with van der Waals surface area (Å²) in [5.41, 5.74) is 1.82. The van der Waals surface area contributed by atoms with E-state index >= 15 is 0 Å². The monoisotopic (exact) mass is 434 g/mol. The number of aromatic nitrogens is 2. The summed E-state index contributed by atoms with van der Waals surface area (Å²) in [6.07, 6.45) is -2.79. The van der Waals surface area contributed by atoms with Gasteiger partial charge in [0.25, 0.3) is 0 Å². The topological polar surface area (TPSA) is 59.1 Å². The largest absolute Gasteiger partial charge is 0.573 e. The normalized spacial score (nSPS) is 11.4. The summed E-state index contributed by atoms with van der Waals surface area (Å²) >= 11 is 1.59. The molecule has 5 nitrogen and oxygen atoms in total. The molecule has 0 spiro atoms. The van der Waals surface area contributed by atoms with Crippen molar-refractivity contribution in [3.63, 3.8) is 0 Å². The molecule has 3 aromatic rings. The van der Waals surface area contributed by atoms with E-state index in [4.69, 9.17) is 0 Å². The molecule has 2 N–H and O–H groups in total. The number of nitrogens with one attached hydrogen (secondary N) is 2. The Hall–Kier alpha value is -2.94. The minimum absolute atomic E-state index is 0.0754. The van der Waals surface area contributed by atoms with Gasteiger partial charge < -0.3 is 15.4 Å². The van der Waals surface area contributed by atoms with Gasteiger partial charge in [0.05, 0.1) is 11.4 Å². The molecule has 0 aliphatic heterocycles. The molecule has 0 aliphatic carbocycles. The van der Waals surface area contributed by atoms with Crippen LogP contribution < -0.4 is 15.4 Å². The minimum atomic E-state index is -4.76. The van der Waals surface area contributed by atoms with Crippen LogP contribution in [0.5, 0.6) is 5.75 Å². The Morgan fingerprint density at radius 1 is 1.00 bits per heavy atom. The van der Waals surface area contributed by atoms with Crippen LogP contribution in [0.3, 0.4) is 0 Å². The van der Waals surface area contributed by atoms with Gasteiger partial charge in [-0.2, -0.15) is 4.98 Å². The van der Waals surface area contributed by atoms with E-state index in [1.54, 1.807) is 23.9 Å². The van der Waals surface area contributed by atoms with E-state index in [0.29, 0.717) is 23.0 Å². The maximum atomic E-state index is 12.6. The van der Waals surface area contributed by atoms with Gasteiger partial charge in [-0.3, -0.25) is 0 Å². The smallest absolute Gasteiger partial charge is 0.406 e. The molecule has 0 saturated carbocycles. The van der Waals surface area contributed by atoms with E-state index in [1.807, 2.05) is 44.4 Å². The number of rotatable bonds is 7. The lowest BCUT2D eigenvalue weighted by molar-refractivity contribution is -0.274. The first-order valence-corrected chi connectivity index (χ1v) is 10.4. The quantitative estimate of drug-likeness (QED) is 0.424. The zero-order chi connectivity index (χ0) is 21.7. The number of hydrogen-bond donors (Lipinski definition) is 2. The van der Waals surface area contributed by atoms with Gasteiger partial charge in [0, 0.05) is 22.6 Å². The third-order valence-electron chi connectivity index (χ3n) is 3.88. The lowest BCUT2D eigenvalue weighted by Gasteiger charge is -2.15. The molecule has 0 saturated heterocycles. The molecule has 9 heteroatoms. The van der Waals surface area contributed by atoms with Crippen molar-refractivity contribution in [3.05, 3.63) is 54.6 Å². The molecule has 0 bridgehead atoms. The minimum Gasteiger partial charge on any atom is -0.406 e. The van der Waals surface area contributed by atoms with Crippen molar-refractivity contribution in [2.24, 2.45) is 0 Å². The average molecular weight is 434 g/mol. The second kappa shape index (κ2) is 9.25. The van der Waals surface area contributed by atoms with E-state index in [2.05, 4.69) is 25.3 Å². The van der Waals surface area contributed by atoms with Crippen LogP contribution in [-0.4, -0.2) is 28.6 Å². The Balaban J connectivity index is 2.00. The zero-order valence-electron chi connectivity index (χ0n) is 16.6. The zero-order valence-corrected chi connectivity index (χ0v) is 17.4. The number of halogens is 3. The van der Waals surface area contributed by atoms with E-state index in [9.17, 15) is 13.2 Å². The number of benzene rings is 2. The molecule has 0 fully saturated rings. The van der Waals surface area contributed by atoms with E-state index in [0.717, 1.165) is 10.6 Å². The average Bonchev–Trinajstić information content (AvgIpc) is 2.66. The summed E-state index contributed by atoms with van der Waals surface area (Å²) in [6, 6.07) is 15.3. The Kier molecular flexibility index (Phi) is 6.71. The second-order valence-corrected chi connectivity index (χ2v) is 7.51. The van der Waals surface area contributed by atoms with Crippen molar-refractivity contribution in [1.29, 1.82) is 0 Å². The highest BCUT2D eigenvalue weighted by molar-refractivity contribution is 7.98. The third kappa shape index (κ3) is 6.03. The summed E-state index contributed by atoms with van der Waals surface area (Å²) in [5.74, 6) is 0.583. The fraction of sp³-hybridized carbons (Fsp3) is 0.238. The first kappa shape index (κ1) is 21.8. The molecule has 3 rings (SSSR count). The van der Waals surface area contributed by atoms with E-state index in [-0.39, 0.29) is 11.8 Å². The van der Waals surface area contributed by atoms with Crippen molar-refractivity contribution in [1.82, 2.24) is 9.97 Å². The van der Waals surface area contributed by atoms with Crippen LogP contribution in [0, 0.1) is 0 Å². The van der Waals surface area contributed by atoms with Gasteiger partial charge in [-0.15, -0.1) is 24.9 Å². The molecule has 0 unspecified atom stereocenters. The molecule has 0 amide bonds. The first-order valence-electron chi connectivity index (χ1n) is 9.15. The van der Waals surface area contributed by atoms with Gasteiger partial charge in [-0.1, -0.05) is 24.3 Å². The molecule has 0 atom stereocenters.